The summed E-state index contributed by atoms with van der Waals surface area (Å²) in [6.45, 7) is 0.980. The minimum absolute atomic E-state index is 0.240. The SMILES string of the molecule is Cn1cc(C(=O)NNC(=O)Nc2cn(CCCN=[N+]=[N-])c3ccccc23)c2cc(F)ccc21. The molecule has 33 heavy (non-hydrogen) atoms. The van der Waals surface area contributed by atoms with E-state index in [2.05, 4.69) is 26.2 Å². The van der Waals surface area contributed by atoms with Gasteiger partial charge in [0.25, 0.3) is 5.91 Å². The average molecular weight is 448 g/mol. The molecule has 0 fully saturated rings. The number of aromatic nitrogens is 2. The normalized spacial score (nSPS) is 10.7. The zero-order valence-corrected chi connectivity index (χ0v) is 17.7. The van der Waals surface area contributed by atoms with E-state index in [9.17, 15) is 14.0 Å². The van der Waals surface area contributed by atoms with E-state index in [4.69, 9.17) is 5.53 Å². The second-order valence-corrected chi connectivity index (χ2v) is 7.41. The van der Waals surface area contributed by atoms with E-state index >= 15 is 0 Å². The monoisotopic (exact) mass is 448 g/mol. The molecule has 0 aliphatic heterocycles. The number of nitrogens with zero attached hydrogens (tertiary/aromatic N) is 5. The van der Waals surface area contributed by atoms with E-state index in [0.717, 1.165) is 10.9 Å². The molecule has 0 radical (unpaired) electrons. The predicted octanol–water partition coefficient (Wildman–Crippen LogP) is 4.44. The van der Waals surface area contributed by atoms with Gasteiger partial charge in [-0.2, -0.15) is 0 Å². The van der Waals surface area contributed by atoms with Gasteiger partial charge in [0.05, 0.1) is 16.8 Å². The van der Waals surface area contributed by atoms with Gasteiger partial charge >= 0.3 is 6.03 Å². The molecule has 11 heteroatoms. The number of carbonyl (C=O) groups is 2. The van der Waals surface area contributed by atoms with Crippen LogP contribution < -0.4 is 16.2 Å². The number of azide groups is 1. The summed E-state index contributed by atoms with van der Waals surface area (Å²) in [5.41, 5.74) is 15.5. The molecule has 2 aromatic carbocycles. The highest BCUT2D eigenvalue weighted by Crippen LogP contribution is 2.26. The minimum atomic E-state index is -0.633. The van der Waals surface area contributed by atoms with Crippen LogP contribution in [0.4, 0.5) is 14.9 Å². The first-order valence-corrected chi connectivity index (χ1v) is 10.2. The Hall–Kier alpha value is -4.50. The minimum Gasteiger partial charge on any atom is -0.350 e. The van der Waals surface area contributed by atoms with Gasteiger partial charge in [-0.1, -0.05) is 23.3 Å². The zero-order valence-electron chi connectivity index (χ0n) is 17.7. The van der Waals surface area contributed by atoms with Gasteiger partial charge in [0.15, 0.2) is 0 Å². The number of urea groups is 1. The number of anilines is 1. The van der Waals surface area contributed by atoms with Crippen molar-refractivity contribution in [1.82, 2.24) is 20.0 Å². The highest BCUT2D eigenvalue weighted by atomic mass is 19.1. The van der Waals surface area contributed by atoms with Gasteiger partial charge < -0.3 is 14.5 Å². The fraction of sp³-hybridized carbons (Fsp3) is 0.182. The smallest absolute Gasteiger partial charge is 0.337 e. The average Bonchev–Trinajstić information content (AvgIpc) is 3.32. The number of amides is 3. The third kappa shape index (κ3) is 4.58. The molecule has 3 amide bonds. The molecule has 4 aromatic rings. The lowest BCUT2D eigenvalue weighted by Gasteiger charge is -2.08. The van der Waals surface area contributed by atoms with E-state index in [1.165, 1.54) is 12.1 Å². The summed E-state index contributed by atoms with van der Waals surface area (Å²) in [6.07, 6.45) is 4.01. The summed E-state index contributed by atoms with van der Waals surface area (Å²) in [6, 6.07) is 11.1. The van der Waals surface area contributed by atoms with Crippen LogP contribution in [0.5, 0.6) is 0 Å². The van der Waals surface area contributed by atoms with Crippen molar-refractivity contribution in [3.63, 3.8) is 0 Å². The molecule has 0 aliphatic rings. The van der Waals surface area contributed by atoms with Crippen molar-refractivity contribution in [2.24, 2.45) is 12.2 Å². The van der Waals surface area contributed by atoms with E-state index in [-0.39, 0.29) is 5.56 Å². The van der Waals surface area contributed by atoms with Crippen LogP contribution in [-0.2, 0) is 13.6 Å². The molecule has 3 N–H and O–H groups in total. The van der Waals surface area contributed by atoms with Gasteiger partial charge in [-0.25, -0.2) is 14.6 Å². The number of halogens is 1. The van der Waals surface area contributed by atoms with Crippen molar-refractivity contribution in [3.8, 4) is 0 Å². The van der Waals surface area contributed by atoms with Crippen molar-refractivity contribution < 1.29 is 14.0 Å². The molecule has 0 spiro atoms. The van der Waals surface area contributed by atoms with Gasteiger partial charge in [0, 0.05) is 53.7 Å². The van der Waals surface area contributed by atoms with Crippen molar-refractivity contribution in [2.75, 3.05) is 11.9 Å². The van der Waals surface area contributed by atoms with Gasteiger partial charge in [0.1, 0.15) is 5.82 Å². The van der Waals surface area contributed by atoms with Crippen LogP contribution in [0, 0.1) is 5.82 Å². The largest absolute Gasteiger partial charge is 0.350 e. The lowest BCUT2D eigenvalue weighted by Crippen LogP contribution is -2.43. The first kappa shape index (κ1) is 21.7. The number of nitrogens with one attached hydrogen (secondary N) is 3. The summed E-state index contributed by atoms with van der Waals surface area (Å²) in [5, 5.41) is 7.54. The number of para-hydroxylation sites is 1. The molecule has 0 atom stereocenters. The molecule has 0 saturated heterocycles. The summed E-state index contributed by atoms with van der Waals surface area (Å²) in [5.74, 6) is -1.02. The maximum absolute atomic E-state index is 13.6. The summed E-state index contributed by atoms with van der Waals surface area (Å²) in [7, 11) is 1.75. The molecular weight excluding hydrogens is 427 g/mol. The molecule has 168 valence electrons. The van der Waals surface area contributed by atoms with Crippen LogP contribution in [0.3, 0.4) is 0 Å². The fourth-order valence-corrected chi connectivity index (χ4v) is 3.77. The summed E-state index contributed by atoms with van der Waals surface area (Å²) >= 11 is 0. The molecule has 2 heterocycles. The second-order valence-electron chi connectivity index (χ2n) is 7.41. The van der Waals surface area contributed by atoms with E-state index in [1.807, 2.05) is 28.8 Å². The number of fused-ring (bicyclic) bond motifs is 2. The highest BCUT2D eigenvalue weighted by Gasteiger charge is 2.16. The molecule has 10 nitrogen and oxygen atoms in total. The van der Waals surface area contributed by atoms with Crippen LogP contribution in [0.25, 0.3) is 32.2 Å². The third-order valence-corrected chi connectivity index (χ3v) is 5.24. The van der Waals surface area contributed by atoms with Crippen molar-refractivity contribution in [2.45, 2.75) is 13.0 Å². The van der Waals surface area contributed by atoms with E-state index in [0.29, 0.717) is 36.1 Å². The Balaban J connectivity index is 1.44. The standard InChI is InChI=1S/C22H21FN8O2/c1-30-12-17(16-11-14(23)7-8-19(16)30)21(32)27-28-22(33)26-18-13-31(10-4-9-25-29-24)20-6-3-2-5-15(18)20/h2-3,5-8,11-13H,4,9-10H2,1H3,(H,27,32)(H2,26,28,33). The van der Waals surface area contributed by atoms with Crippen LogP contribution in [-0.4, -0.2) is 27.6 Å². The number of hydrogen-bond donors (Lipinski definition) is 3. The van der Waals surface area contributed by atoms with Crippen LogP contribution >= 0.6 is 0 Å². The molecule has 2 aromatic heterocycles. The molecule has 0 bridgehead atoms. The van der Waals surface area contributed by atoms with Crippen molar-refractivity contribution >= 4 is 39.4 Å². The van der Waals surface area contributed by atoms with Gasteiger partial charge in [-0.3, -0.25) is 10.2 Å². The van der Waals surface area contributed by atoms with Gasteiger partial charge in [-0.05, 0) is 36.2 Å². The Morgan fingerprint density at radius 2 is 1.91 bits per heavy atom. The maximum Gasteiger partial charge on any atom is 0.337 e. The predicted molar refractivity (Wildman–Crippen MR) is 123 cm³/mol. The Kier molecular flexibility index (Phi) is 6.14. The Morgan fingerprint density at radius 1 is 1.09 bits per heavy atom. The third-order valence-electron chi connectivity index (χ3n) is 5.24. The van der Waals surface area contributed by atoms with Crippen LogP contribution in [0.1, 0.15) is 16.8 Å². The molecule has 0 unspecified atom stereocenters. The van der Waals surface area contributed by atoms with Crippen LogP contribution in [0.15, 0.2) is 60.0 Å². The van der Waals surface area contributed by atoms with E-state index < -0.39 is 17.8 Å². The number of carbonyl (C=O) groups excluding carboxylic acids is 2. The van der Waals surface area contributed by atoms with E-state index in [1.54, 1.807) is 30.1 Å². The fourth-order valence-electron chi connectivity index (χ4n) is 3.77. The zero-order chi connectivity index (χ0) is 23.4. The lowest BCUT2D eigenvalue weighted by atomic mass is 10.1. The number of hydrazine groups is 1. The summed E-state index contributed by atoms with van der Waals surface area (Å²) < 4.78 is 17.3. The quantitative estimate of drug-likeness (QED) is 0.132. The molecule has 0 saturated carbocycles. The number of rotatable bonds is 6. The number of aryl methyl sites for hydroxylation is 2. The number of benzene rings is 2. The molecular formula is C22H21FN8O2. The lowest BCUT2D eigenvalue weighted by molar-refractivity contribution is 0.0939. The first-order valence-electron chi connectivity index (χ1n) is 10.2. The Morgan fingerprint density at radius 3 is 2.73 bits per heavy atom. The topological polar surface area (TPSA) is 129 Å². The molecule has 0 aliphatic carbocycles. The van der Waals surface area contributed by atoms with Gasteiger partial charge in [0.2, 0.25) is 0 Å². The Bertz CT molecular complexity index is 1400. The maximum atomic E-state index is 13.6. The second kappa shape index (κ2) is 9.33. The van der Waals surface area contributed by atoms with Crippen molar-refractivity contribution in [1.29, 1.82) is 0 Å². The summed E-state index contributed by atoms with van der Waals surface area (Å²) in [4.78, 5) is 27.8. The van der Waals surface area contributed by atoms with Crippen molar-refractivity contribution in [3.05, 3.63) is 76.7 Å². The van der Waals surface area contributed by atoms with Crippen LogP contribution in [0.2, 0.25) is 0 Å². The van der Waals surface area contributed by atoms with Gasteiger partial charge in [-0.15, -0.1) is 0 Å². The Labute approximate surface area is 187 Å². The highest BCUT2D eigenvalue weighted by molar-refractivity contribution is 6.08. The number of hydrogen-bond acceptors (Lipinski definition) is 3. The first-order chi connectivity index (χ1) is 16.0. The molecule has 4 rings (SSSR count).